The third kappa shape index (κ3) is 4.92. The summed E-state index contributed by atoms with van der Waals surface area (Å²) in [6.45, 7) is 3.43. The van der Waals surface area contributed by atoms with Crippen molar-refractivity contribution in [2.24, 2.45) is 0 Å². The molecule has 0 aromatic heterocycles. The summed E-state index contributed by atoms with van der Waals surface area (Å²) < 4.78 is 5.16. The maximum absolute atomic E-state index is 12.5. The second-order valence-corrected chi connectivity index (χ2v) is 7.11. The first-order valence-electron chi connectivity index (χ1n) is 9.91. The van der Waals surface area contributed by atoms with Crippen molar-refractivity contribution in [3.63, 3.8) is 0 Å². The number of aryl methyl sites for hydroxylation is 1. The number of hydrogen-bond acceptors (Lipinski definition) is 5. The lowest BCUT2D eigenvalue weighted by molar-refractivity contribution is -0.153. The van der Waals surface area contributed by atoms with E-state index in [0.29, 0.717) is 16.8 Å². The topological polar surface area (TPSA) is 92.8 Å². The number of anilines is 1. The molecule has 1 aliphatic rings. The Hall–Kier alpha value is -3.48. The van der Waals surface area contributed by atoms with Crippen LogP contribution in [0.3, 0.4) is 0 Å². The number of carbonyl (C=O) groups excluding carboxylic acids is 4. The molecule has 0 aliphatic carbocycles. The number of benzene rings is 2. The quantitative estimate of drug-likeness (QED) is 0.562. The lowest BCUT2D eigenvalue weighted by atomic mass is 9.98. The van der Waals surface area contributed by atoms with E-state index in [0.717, 1.165) is 16.9 Å². The fourth-order valence-electron chi connectivity index (χ4n) is 3.21. The van der Waals surface area contributed by atoms with E-state index in [2.05, 4.69) is 5.32 Å². The molecule has 0 saturated heterocycles. The van der Waals surface area contributed by atoms with Crippen molar-refractivity contribution in [2.45, 2.75) is 39.2 Å². The number of amides is 3. The van der Waals surface area contributed by atoms with Crippen molar-refractivity contribution >= 4 is 29.4 Å². The average Bonchev–Trinajstić information content (AvgIpc) is 2.74. The zero-order valence-corrected chi connectivity index (χ0v) is 17.0. The minimum atomic E-state index is -1.00. The van der Waals surface area contributed by atoms with Crippen LogP contribution in [0.4, 0.5) is 5.69 Å². The van der Waals surface area contributed by atoms with Gasteiger partial charge in [0.15, 0.2) is 6.10 Å². The van der Waals surface area contributed by atoms with E-state index >= 15 is 0 Å². The molecule has 2 aromatic carbocycles. The fourth-order valence-corrected chi connectivity index (χ4v) is 3.21. The number of fused-ring (bicyclic) bond motifs is 1. The molecule has 1 aliphatic heterocycles. The molecular weight excluding hydrogens is 384 g/mol. The summed E-state index contributed by atoms with van der Waals surface area (Å²) in [6.07, 6.45) is -0.165. The average molecular weight is 408 g/mol. The zero-order valence-electron chi connectivity index (χ0n) is 17.0. The summed E-state index contributed by atoms with van der Waals surface area (Å²) in [6, 6.07) is 14.3. The molecule has 3 amide bonds. The Morgan fingerprint density at radius 1 is 1.10 bits per heavy atom. The van der Waals surface area contributed by atoms with Crippen LogP contribution in [0.5, 0.6) is 0 Å². The van der Waals surface area contributed by atoms with E-state index in [1.54, 1.807) is 36.4 Å². The minimum Gasteiger partial charge on any atom is -0.452 e. The predicted octanol–water partition coefficient (Wildman–Crippen LogP) is 2.73. The molecule has 0 bridgehead atoms. The maximum atomic E-state index is 12.5. The van der Waals surface area contributed by atoms with Crippen molar-refractivity contribution in [3.05, 3.63) is 65.2 Å². The number of rotatable bonds is 7. The second-order valence-electron chi connectivity index (χ2n) is 7.11. The van der Waals surface area contributed by atoms with Crippen LogP contribution in [0.15, 0.2) is 48.5 Å². The Morgan fingerprint density at radius 2 is 1.80 bits per heavy atom. The summed E-state index contributed by atoms with van der Waals surface area (Å²) in [7, 11) is 0. The number of hydrogen-bond donors (Lipinski definition) is 1. The van der Waals surface area contributed by atoms with Crippen LogP contribution >= 0.6 is 0 Å². The predicted molar refractivity (Wildman–Crippen MR) is 111 cm³/mol. The van der Waals surface area contributed by atoms with Crippen LogP contribution in [-0.4, -0.2) is 41.2 Å². The van der Waals surface area contributed by atoms with E-state index in [4.69, 9.17) is 4.74 Å². The molecule has 0 radical (unpaired) electrons. The Kier molecular flexibility index (Phi) is 6.61. The van der Waals surface area contributed by atoms with Crippen molar-refractivity contribution in [3.8, 4) is 0 Å². The molecule has 1 atom stereocenters. The van der Waals surface area contributed by atoms with Gasteiger partial charge in [0.2, 0.25) is 5.91 Å². The second kappa shape index (κ2) is 9.35. The van der Waals surface area contributed by atoms with Gasteiger partial charge < -0.3 is 10.1 Å². The third-order valence-electron chi connectivity index (χ3n) is 4.98. The largest absolute Gasteiger partial charge is 0.452 e. The highest BCUT2D eigenvalue weighted by atomic mass is 16.5. The first-order chi connectivity index (χ1) is 14.4. The number of imide groups is 1. The molecule has 30 heavy (non-hydrogen) atoms. The number of ether oxygens (including phenoxy) is 1. The summed E-state index contributed by atoms with van der Waals surface area (Å²) in [5.41, 5.74) is 2.91. The normalized spacial score (nSPS) is 14.1. The fraction of sp³-hybridized carbons (Fsp3) is 0.304. The number of nitrogens with zero attached hydrogens (tertiary/aromatic N) is 1. The first kappa shape index (κ1) is 21.2. The van der Waals surface area contributed by atoms with Gasteiger partial charge in [0, 0.05) is 17.8 Å². The van der Waals surface area contributed by atoms with Crippen LogP contribution in [0.25, 0.3) is 0 Å². The van der Waals surface area contributed by atoms with Gasteiger partial charge in [-0.2, -0.15) is 0 Å². The van der Waals surface area contributed by atoms with E-state index < -0.39 is 23.9 Å². The van der Waals surface area contributed by atoms with Gasteiger partial charge in [-0.25, -0.2) is 0 Å². The van der Waals surface area contributed by atoms with Crippen molar-refractivity contribution < 1.29 is 23.9 Å². The maximum Gasteiger partial charge on any atom is 0.308 e. The van der Waals surface area contributed by atoms with Crippen LogP contribution in [-0.2, 0) is 32.0 Å². The Labute approximate surface area is 175 Å². The summed E-state index contributed by atoms with van der Waals surface area (Å²) in [5, 5.41) is 2.69. The number of carbonyl (C=O) groups is 4. The first-order valence-corrected chi connectivity index (χ1v) is 9.91. The number of esters is 1. The van der Waals surface area contributed by atoms with Crippen molar-refractivity contribution in [1.29, 1.82) is 0 Å². The standard InChI is InChI=1S/C23H24N2O5/c1-3-16-8-10-18(11-9-16)24-22(28)15(2)30-21(27)12-13-25-20(26)14-17-6-4-5-7-19(17)23(25)29/h4-11,15H,3,12-14H2,1-2H3,(H,24,28)/t15-/m0/s1. The molecule has 0 saturated carbocycles. The molecule has 1 heterocycles. The molecular formula is C23H24N2O5. The van der Waals surface area contributed by atoms with Crippen LogP contribution in [0.2, 0.25) is 0 Å². The molecule has 0 unspecified atom stereocenters. The summed E-state index contributed by atoms with van der Waals surface area (Å²) >= 11 is 0. The van der Waals surface area contributed by atoms with E-state index in [9.17, 15) is 19.2 Å². The van der Waals surface area contributed by atoms with Crippen LogP contribution < -0.4 is 5.32 Å². The van der Waals surface area contributed by atoms with Crippen molar-refractivity contribution in [2.75, 3.05) is 11.9 Å². The highest BCUT2D eigenvalue weighted by Gasteiger charge is 2.31. The molecule has 7 heteroatoms. The Balaban J connectivity index is 1.50. The van der Waals surface area contributed by atoms with E-state index in [1.165, 1.54) is 6.92 Å². The van der Waals surface area contributed by atoms with Gasteiger partial charge in [-0.1, -0.05) is 37.3 Å². The molecule has 7 nitrogen and oxygen atoms in total. The Morgan fingerprint density at radius 3 is 2.50 bits per heavy atom. The van der Waals surface area contributed by atoms with Gasteiger partial charge in [-0.05, 0) is 42.7 Å². The SMILES string of the molecule is CCc1ccc(NC(=O)[C@H](C)OC(=O)CCN2C(=O)Cc3ccccc3C2=O)cc1. The lowest BCUT2D eigenvalue weighted by Crippen LogP contribution is -2.43. The van der Waals surface area contributed by atoms with E-state index in [-0.39, 0.29) is 25.3 Å². The summed E-state index contributed by atoms with van der Waals surface area (Å²) in [4.78, 5) is 50.2. The lowest BCUT2D eigenvalue weighted by Gasteiger charge is -2.26. The van der Waals surface area contributed by atoms with Crippen LogP contribution in [0.1, 0.15) is 41.8 Å². The van der Waals surface area contributed by atoms with Gasteiger partial charge in [0.1, 0.15) is 0 Å². The highest BCUT2D eigenvalue weighted by Crippen LogP contribution is 2.20. The zero-order chi connectivity index (χ0) is 21.7. The van der Waals surface area contributed by atoms with Gasteiger partial charge >= 0.3 is 5.97 Å². The molecule has 3 rings (SSSR count). The van der Waals surface area contributed by atoms with Gasteiger partial charge in [0.25, 0.3) is 11.8 Å². The van der Waals surface area contributed by atoms with Crippen LogP contribution in [0, 0.1) is 0 Å². The van der Waals surface area contributed by atoms with Gasteiger partial charge in [-0.15, -0.1) is 0 Å². The molecule has 0 fully saturated rings. The van der Waals surface area contributed by atoms with Crippen molar-refractivity contribution in [1.82, 2.24) is 4.90 Å². The van der Waals surface area contributed by atoms with Gasteiger partial charge in [0.05, 0.1) is 12.8 Å². The Bertz CT molecular complexity index is 968. The monoisotopic (exact) mass is 408 g/mol. The molecule has 0 spiro atoms. The van der Waals surface area contributed by atoms with Gasteiger partial charge in [-0.3, -0.25) is 24.1 Å². The molecule has 2 aromatic rings. The highest BCUT2D eigenvalue weighted by molar-refractivity contribution is 6.09. The molecule has 1 N–H and O–H groups in total. The number of nitrogens with one attached hydrogen (secondary N) is 1. The smallest absolute Gasteiger partial charge is 0.308 e. The third-order valence-corrected chi connectivity index (χ3v) is 4.98. The summed E-state index contributed by atoms with van der Waals surface area (Å²) in [5.74, 6) is -1.88. The minimum absolute atomic E-state index is 0.0857. The molecule has 156 valence electrons. The van der Waals surface area contributed by atoms with E-state index in [1.807, 2.05) is 19.1 Å².